The second-order valence-corrected chi connectivity index (χ2v) is 7.40. The molecule has 0 aliphatic carbocycles. The van der Waals surface area contributed by atoms with Crippen LogP contribution in [0, 0.1) is 11.3 Å². The third-order valence-electron chi connectivity index (χ3n) is 5.54. The summed E-state index contributed by atoms with van der Waals surface area (Å²) in [4.78, 5) is 38.9. The second-order valence-electron chi connectivity index (χ2n) is 7.40. The predicted molar refractivity (Wildman–Crippen MR) is 103 cm³/mol. The maximum Gasteiger partial charge on any atom is 0.416 e. The van der Waals surface area contributed by atoms with Crippen molar-refractivity contribution in [2.24, 2.45) is 0 Å². The first-order chi connectivity index (χ1) is 14.7. The van der Waals surface area contributed by atoms with Crippen LogP contribution in [0.5, 0.6) is 0 Å². The first-order valence-electron chi connectivity index (χ1n) is 9.25. The first kappa shape index (κ1) is 20.4. The highest BCUT2D eigenvalue weighted by Crippen LogP contribution is 2.46. The maximum absolute atomic E-state index is 12.9. The Labute approximate surface area is 174 Å². The molecule has 10 heteroatoms. The minimum atomic E-state index is -4.61. The molecule has 0 aromatic heterocycles. The molecule has 2 heterocycles. The molecule has 2 aromatic carbocycles. The van der Waals surface area contributed by atoms with Gasteiger partial charge < -0.3 is 15.5 Å². The van der Waals surface area contributed by atoms with Gasteiger partial charge in [-0.1, -0.05) is 24.3 Å². The summed E-state index contributed by atoms with van der Waals surface area (Å²) >= 11 is 0. The van der Waals surface area contributed by atoms with Crippen molar-refractivity contribution in [1.29, 1.82) is 5.26 Å². The Hall–Kier alpha value is -3.87. The van der Waals surface area contributed by atoms with E-state index >= 15 is 0 Å². The van der Waals surface area contributed by atoms with Gasteiger partial charge in [0.15, 0.2) is 0 Å². The van der Waals surface area contributed by atoms with Crippen molar-refractivity contribution in [1.82, 2.24) is 4.90 Å². The van der Waals surface area contributed by atoms with Gasteiger partial charge in [0.05, 0.1) is 17.0 Å². The summed E-state index contributed by atoms with van der Waals surface area (Å²) < 4.78 is 38.6. The van der Waals surface area contributed by atoms with Gasteiger partial charge in [0, 0.05) is 24.3 Å². The van der Waals surface area contributed by atoms with Crippen molar-refractivity contribution in [3.05, 3.63) is 59.7 Å². The van der Waals surface area contributed by atoms with Gasteiger partial charge >= 0.3 is 18.0 Å². The molecule has 1 fully saturated rings. The molecule has 0 radical (unpaired) electrons. The number of halogens is 3. The molecule has 2 aliphatic rings. The smallest absolute Gasteiger partial charge is 0.325 e. The van der Waals surface area contributed by atoms with Gasteiger partial charge in [0.1, 0.15) is 6.04 Å². The number of nitrogens with zero attached hydrogens (tertiary/aromatic N) is 2. The third-order valence-corrected chi connectivity index (χ3v) is 5.54. The van der Waals surface area contributed by atoms with E-state index in [1.54, 1.807) is 24.3 Å². The Morgan fingerprint density at radius 1 is 1.19 bits per heavy atom. The maximum atomic E-state index is 12.9. The van der Waals surface area contributed by atoms with Crippen molar-refractivity contribution in [3.63, 3.8) is 0 Å². The average molecular weight is 428 g/mol. The van der Waals surface area contributed by atoms with E-state index in [0.29, 0.717) is 17.3 Å². The number of hydrogen-bond donors (Lipinski definition) is 2. The lowest BCUT2D eigenvalue weighted by atomic mass is 9.80. The molecule has 2 aliphatic heterocycles. The Morgan fingerprint density at radius 3 is 2.65 bits per heavy atom. The van der Waals surface area contributed by atoms with Crippen LogP contribution < -0.4 is 10.6 Å². The highest BCUT2D eigenvalue weighted by molar-refractivity contribution is 6.39. The normalized spacial score (nSPS) is 22.1. The Bertz CT molecular complexity index is 1140. The summed E-state index contributed by atoms with van der Waals surface area (Å²) in [6.07, 6.45) is -4.60. The minimum Gasteiger partial charge on any atom is -0.325 e. The van der Waals surface area contributed by atoms with E-state index in [0.717, 1.165) is 17.0 Å². The second kappa shape index (κ2) is 7.12. The Balaban J connectivity index is 1.57. The summed E-state index contributed by atoms with van der Waals surface area (Å²) in [6, 6.07) is 11.6. The van der Waals surface area contributed by atoms with E-state index in [1.165, 1.54) is 6.07 Å². The summed E-state index contributed by atoms with van der Waals surface area (Å²) in [6.45, 7) is -0.192. The number of likely N-dealkylation sites (tertiary alicyclic amines) is 1. The summed E-state index contributed by atoms with van der Waals surface area (Å²) in [5, 5.41) is 14.4. The van der Waals surface area contributed by atoms with Crippen LogP contribution in [-0.4, -0.2) is 35.2 Å². The van der Waals surface area contributed by atoms with Crippen molar-refractivity contribution < 1.29 is 27.6 Å². The van der Waals surface area contributed by atoms with Crippen LogP contribution in [0.1, 0.15) is 17.5 Å². The molecule has 4 rings (SSSR count). The van der Waals surface area contributed by atoms with Crippen molar-refractivity contribution >= 4 is 29.1 Å². The van der Waals surface area contributed by atoms with E-state index in [2.05, 4.69) is 10.6 Å². The quantitative estimate of drug-likeness (QED) is 0.682. The van der Waals surface area contributed by atoms with Gasteiger partial charge in [0.25, 0.3) is 0 Å². The molecule has 31 heavy (non-hydrogen) atoms. The number of alkyl halides is 3. The summed E-state index contributed by atoms with van der Waals surface area (Å²) in [5.41, 5.74) is -1.14. The third kappa shape index (κ3) is 3.38. The number of para-hydroxylation sites is 1. The van der Waals surface area contributed by atoms with E-state index in [9.17, 15) is 32.8 Å². The van der Waals surface area contributed by atoms with Crippen LogP contribution in [0.15, 0.2) is 48.5 Å². The number of amides is 3. The van der Waals surface area contributed by atoms with Crippen molar-refractivity contribution in [2.75, 3.05) is 17.2 Å². The zero-order chi connectivity index (χ0) is 22.4. The molecule has 7 nitrogen and oxygen atoms in total. The zero-order valence-corrected chi connectivity index (χ0v) is 15.9. The zero-order valence-electron chi connectivity index (χ0n) is 15.9. The number of hydrogen-bond acceptors (Lipinski definition) is 4. The molecule has 0 bridgehead atoms. The number of benzene rings is 2. The van der Waals surface area contributed by atoms with Crippen LogP contribution >= 0.6 is 0 Å². The van der Waals surface area contributed by atoms with Gasteiger partial charge in [0.2, 0.25) is 5.91 Å². The monoisotopic (exact) mass is 428 g/mol. The topological polar surface area (TPSA) is 102 Å². The average Bonchev–Trinajstić information content (AvgIpc) is 3.26. The largest absolute Gasteiger partial charge is 0.416 e. The van der Waals surface area contributed by atoms with Crippen LogP contribution in [0.4, 0.5) is 24.5 Å². The lowest BCUT2D eigenvalue weighted by molar-refractivity contribution is -0.143. The van der Waals surface area contributed by atoms with Gasteiger partial charge in [-0.15, -0.1) is 0 Å². The standard InChI is InChI=1S/C21H15F3N4O3/c22-21(23,24)12-4-3-5-13(8-12)26-17(29)18(30)28-11-20(9-14(28)10-25)15-6-1-2-7-16(15)27-19(20)31/h1-8,14H,9,11H2,(H,26,29)(H,27,31)/t14-,20-/m0/s1. The van der Waals surface area contributed by atoms with Gasteiger partial charge in [-0.2, -0.15) is 18.4 Å². The van der Waals surface area contributed by atoms with Gasteiger partial charge in [-0.05, 0) is 29.8 Å². The van der Waals surface area contributed by atoms with E-state index in [-0.39, 0.29) is 24.6 Å². The SMILES string of the molecule is N#C[C@@H]1C[C@@]2(CN1C(=O)C(=O)Nc1cccc(C(F)(F)F)c1)C(=O)Nc1ccccc12. The number of anilines is 2. The fraction of sp³-hybridized carbons (Fsp3) is 0.238. The summed E-state index contributed by atoms with van der Waals surface area (Å²) in [5.74, 6) is -2.66. The highest BCUT2D eigenvalue weighted by atomic mass is 19.4. The van der Waals surface area contributed by atoms with E-state index in [4.69, 9.17) is 0 Å². The van der Waals surface area contributed by atoms with Gasteiger partial charge in [-0.25, -0.2) is 0 Å². The first-order valence-corrected chi connectivity index (χ1v) is 9.25. The Kier molecular flexibility index (Phi) is 4.69. The fourth-order valence-corrected chi connectivity index (χ4v) is 4.06. The molecule has 3 amide bonds. The molecule has 2 atom stereocenters. The van der Waals surface area contributed by atoms with Crippen LogP contribution in [0.2, 0.25) is 0 Å². The molecule has 1 spiro atoms. The number of rotatable bonds is 1. The predicted octanol–water partition coefficient (Wildman–Crippen LogP) is 2.66. The van der Waals surface area contributed by atoms with E-state index in [1.807, 2.05) is 6.07 Å². The number of nitrogens with one attached hydrogen (secondary N) is 2. The van der Waals surface area contributed by atoms with Crippen LogP contribution in [0.3, 0.4) is 0 Å². The number of fused-ring (bicyclic) bond motifs is 2. The number of carbonyl (C=O) groups excluding carboxylic acids is 3. The van der Waals surface area contributed by atoms with Crippen molar-refractivity contribution in [2.45, 2.75) is 24.1 Å². The van der Waals surface area contributed by atoms with E-state index < -0.39 is 35.0 Å². The molecular weight excluding hydrogens is 413 g/mol. The number of carbonyl (C=O) groups is 3. The van der Waals surface area contributed by atoms with Crippen molar-refractivity contribution in [3.8, 4) is 6.07 Å². The van der Waals surface area contributed by atoms with Crippen LogP contribution in [-0.2, 0) is 26.0 Å². The minimum absolute atomic E-state index is 0.00885. The van der Waals surface area contributed by atoms with Gasteiger partial charge in [-0.3, -0.25) is 14.4 Å². The molecule has 2 N–H and O–H groups in total. The molecule has 0 unspecified atom stereocenters. The molecule has 2 aromatic rings. The highest BCUT2D eigenvalue weighted by Gasteiger charge is 2.56. The lowest BCUT2D eigenvalue weighted by Crippen LogP contribution is -2.44. The fourth-order valence-electron chi connectivity index (χ4n) is 4.06. The molecule has 158 valence electrons. The summed E-state index contributed by atoms with van der Waals surface area (Å²) in [7, 11) is 0. The molecular formula is C21H15F3N4O3. The molecule has 0 saturated carbocycles. The number of nitriles is 1. The Morgan fingerprint density at radius 2 is 1.94 bits per heavy atom. The van der Waals surface area contributed by atoms with Crippen LogP contribution in [0.25, 0.3) is 0 Å². The molecule has 1 saturated heterocycles. The lowest BCUT2D eigenvalue weighted by Gasteiger charge is -2.22.